The van der Waals surface area contributed by atoms with Gasteiger partial charge < -0.3 is 20.7 Å². The number of benzene rings is 2. The Hall–Kier alpha value is -4.78. The van der Waals surface area contributed by atoms with Gasteiger partial charge in [0.1, 0.15) is 12.4 Å². The van der Waals surface area contributed by atoms with Crippen molar-refractivity contribution in [2.24, 2.45) is 0 Å². The van der Waals surface area contributed by atoms with Crippen molar-refractivity contribution in [2.45, 2.75) is 31.7 Å². The Bertz CT molecular complexity index is 1430. The predicted molar refractivity (Wildman–Crippen MR) is 146 cm³/mol. The van der Waals surface area contributed by atoms with Crippen LogP contribution in [0.2, 0.25) is 5.02 Å². The molecule has 4 rings (SSSR count). The summed E-state index contributed by atoms with van der Waals surface area (Å²) in [7, 11) is 1.22. The zero-order valence-corrected chi connectivity index (χ0v) is 22.3. The Morgan fingerprint density at radius 2 is 2.02 bits per heavy atom. The van der Waals surface area contributed by atoms with E-state index in [1.807, 2.05) is 0 Å². The number of tetrazole rings is 1. The van der Waals surface area contributed by atoms with Crippen LogP contribution in [0.5, 0.6) is 0 Å². The van der Waals surface area contributed by atoms with E-state index in [-0.39, 0.29) is 42.5 Å². The fourth-order valence-electron chi connectivity index (χ4n) is 4.03. The van der Waals surface area contributed by atoms with Crippen LogP contribution < -0.4 is 21.3 Å². The molecule has 0 fully saturated rings. The van der Waals surface area contributed by atoms with E-state index >= 15 is 0 Å². The van der Waals surface area contributed by atoms with Gasteiger partial charge in [0.05, 0.1) is 24.0 Å². The second-order valence-electron chi connectivity index (χ2n) is 8.77. The quantitative estimate of drug-likeness (QED) is 0.330. The van der Waals surface area contributed by atoms with Crippen molar-refractivity contribution in [3.8, 4) is 5.69 Å². The van der Waals surface area contributed by atoms with Crippen LogP contribution in [0.1, 0.15) is 35.2 Å². The Morgan fingerprint density at radius 3 is 2.80 bits per heavy atom. The molecule has 13 nitrogen and oxygen atoms in total. The third-order valence-electron chi connectivity index (χ3n) is 6.00. The van der Waals surface area contributed by atoms with Crippen molar-refractivity contribution < 1.29 is 23.9 Å². The van der Waals surface area contributed by atoms with Crippen molar-refractivity contribution in [3.05, 3.63) is 71.0 Å². The summed E-state index contributed by atoms with van der Waals surface area (Å²) in [6.07, 6.45) is 5.59. The van der Waals surface area contributed by atoms with Gasteiger partial charge in [0.25, 0.3) is 5.91 Å². The minimum absolute atomic E-state index is 0.135. The molecule has 3 aromatic rings. The van der Waals surface area contributed by atoms with E-state index in [2.05, 4.69) is 41.5 Å². The molecule has 2 aromatic carbocycles. The van der Waals surface area contributed by atoms with Gasteiger partial charge in [0.2, 0.25) is 11.8 Å². The molecule has 2 heterocycles. The van der Waals surface area contributed by atoms with Crippen molar-refractivity contribution in [1.82, 2.24) is 30.8 Å². The van der Waals surface area contributed by atoms with E-state index < -0.39 is 18.0 Å². The molecule has 0 saturated carbocycles. The van der Waals surface area contributed by atoms with Gasteiger partial charge in [-0.3, -0.25) is 19.7 Å². The second-order valence-corrected chi connectivity index (χ2v) is 9.20. The first-order valence-electron chi connectivity index (χ1n) is 12.4. The number of ether oxygens (including phenoxy) is 1. The maximum Gasteiger partial charge on any atom is 0.411 e. The number of anilines is 2. The molecule has 0 saturated heterocycles. The number of carbonyl (C=O) groups excluding carboxylic acids is 4. The van der Waals surface area contributed by atoms with Gasteiger partial charge in [0.15, 0.2) is 0 Å². The normalized spacial score (nSPS) is 16.3. The van der Waals surface area contributed by atoms with Gasteiger partial charge in [-0.05, 0) is 71.7 Å². The van der Waals surface area contributed by atoms with Crippen LogP contribution in [0.25, 0.3) is 5.69 Å². The van der Waals surface area contributed by atoms with Gasteiger partial charge in [-0.15, -0.1) is 5.10 Å². The number of amides is 4. The molecule has 0 unspecified atom stereocenters. The maximum absolute atomic E-state index is 13.2. The SMILES string of the molecule is COC(=O)Nc1ccc2c(c1)NC(=O)CC/C=C\C[C@H](C(=O)NCCc1cc(Cl)ccc1-n1cnnn1)NC2=O. The third-order valence-corrected chi connectivity index (χ3v) is 6.23. The Morgan fingerprint density at radius 1 is 1.18 bits per heavy atom. The third kappa shape index (κ3) is 7.41. The molecule has 14 heteroatoms. The first-order chi connectivity index (χ1) is 19.3. The van der Waals surface area contributed by atoms with Crippen molar-refractivity contribution in [1.29, 1.82) is 0 Å². The molecule has 1 aliphatic heterocycles. The van der Waals surface area contributed by atoms with Gasteiger partial charge in [0, 0.05) is 23.7 Å². The topological polar surface area (TPSA) is 169 Å². The van der Waals surface area contributed by atoms with Crippen LogP contribution >= 0.6 is 11.6 Å². The van der Waals surface area contributed by atoms with Crippen molar-refractivity contribution in [3.63, 3.8) is 0 Å². The first-order valence-corrected chi connectivity index (χ1v) is 12.8. The number of methoxy groups -OCH3 is 1. The van der Waals surface area contributed by atoms with Crippen LogP contribution in [0.4, 0.5) is 16.2 Å². The van der Waals surface area contributed by atoms with Gasteiger partial charge in [-0.25, -0.2) is 9.48 Å². The van der Waals surface area contributed by atoms with Gasteiger partial charge in [-0.2, -0.15) is 0 Å². The van der Waals surface area contributed by atoms with E-state index in [0.717, 1.165) is 11.3 Å². The molecule has 4 N–H and O–H groups in total. The number of nitrogens with one attached hydrogen (secondary N) is 4. The van der Waals surface area contributed by atoms with E-state index in [9.17, 15) is 19.2 Å². The lowest BCUT2D eigenvalue weighted by Crippen LogP contribution is -2.47. The van der Waals surface area contributed by atoms with E-state index in [1.54, 1.807) is 30.4 Å². The average molecular weight is 567 g/mol. The van der Waals surface area contributed by atoms with E-state index in [1.165, 1.54) is 36.3 Å². The minimum atomic E-state index is -0.877. The van der Waals surface area contributed by atoms with Crippen LogP contribution in [0, 0.1) is 0 Å². The number of hydrogen-bond acceptors (Lipinski definition) is 8. The Labute approximate surface area is 234 Å². The lowest BCUT2D eigenvalue weighted by atomic mass is 10.1. The molecule has 0 spiro atoms. The molecule has 0 radical (unpaired) electrons. The van der Waals surface area contributed by atoms with Crippen LogP contribution in [0.15, 0.2) is 54.9 Å². The summed E-state index contributed by atoms with van der Waals surface area (Å²) in [5, 5.41) is 22.6. The highest BCUT2D eigenvalue weighted by Crippen LogP contribution is 2.23. The first kappa shape index (κ1) is 28.2. The van der Waals surface area contributed by atoms with Gasteiger partial charge in [-0.1, -0.05) is 23.8 Å². The number of rotatable bonds is 6. The highest BCUT2D eigenvalue weighted by Gasteiger charge is 2.23. The molecule has 1 atom stereocenters. The molecule has 0 aliphatic carbocycles. The number of halogens is 1. The number of aromatic nitrogens is 4. The summed E-state index contributed by atoms with van der Waals surface area (Å²) in [6.45, 7) is 0.263. The molecule has 1 aliphatic rings. The van der Waals surface area contributed by atoms with Crippen molar-refractivity contribution >= 4 is 46.8 Å². The summed E-state index contributed by atoms with van der Waals surface area (Å²) >= 11 is 6.18. The number of allylic oxidation sites excluding steroid dienone is 1. The predicted octanol–water partition coefficient (Wildman–Crippen LogP) is 2.63. The highest BCUT2D eigenvalue weighted by atomic mass is 35.5. The summed E-state index contributed by atoms with van der Waals surface area (Å²) in [4.78, 5) is 50.4. The summed E-state index contributed by atoms with van der Waals surface area (Å²) in [5.41, 5.74) is 2.20. The number of fused-ring (bicyclic) bond motifs is 1. The minimum Gasteiger partial charge on any atom is -0.453 e. The second kappa shape index (κ2) is 13.3. The number of hydrogen-bond donors (Lipinski definition) is 4. The van der Waals surface area contributed by atoms with Crippen LogP contribution in [-0.4, -0.2) is 63.7 Å². The number of nitrogens with zero attached hydrogens (tertiary/aromatic N) is 4. The summed E-state index contributed by atoms with van der Waals surface area (Å²) < 4.78 is 6.11. The molecular weight excluding hydrogens is 540 g/mol. The fourth-order valence-corrected chi connectivity index (χ4v) is 4.22. The molecule has 4 amide bonds. The van der Waals surface area contributed by atoms with Crippen LogP contribution in [0.3, 0.4) is 0 Å². The molecule has 1 aromatic heterocycles. The Balaban J connectivity index is 1.48. The molecule has 40 heavy (non-hydrogen) atoms. The number of carbonyl (C=O) groups is 4. The summed E-state index contributed by atoms with van der Waals surface area (Å²) in [5.74, 6) is -1.24. The Kier molecular flexibility index (Phi) is 9.41. The monoisotopic (exact) mass is 566 g/mol. The lowest BCUT2D eigenvalue weighted by Gasteiger charge is -2.20. The van der Waals surface area contributed by atoms with E-state index in [4.69, 9.17) is 11.6 Å². The largest absolute Gasteiger partial charge is 0.453 e. The van der Waals surface area contributed by atoms with Crippen molar-refractivity contribution in [2.75, 3.05) is 24.3 Å². The maximum atomic E-state index is 13.2. The molecule has 208 valence electrons. The fraction of sp³-hybridized carbons (Fsp3) is 0.269. The average Bonchev–Trinajstić information content (AvgIpc) is 3.46. The van der Waals surface area contributed by atoms with Gasteiger partial charge >= 0.3 is 6.09 Å². The summed E-state index contributed by atoms with van der Waals surface area (Å²) in [6, 6.07) is 8.81. The standard InChI is InChI=1S/C26H27ClN8O5/c1-40-26(39)30-18-8-9-19-21(14-18)31-23(36)6-4-2-3-5-20(32-24(19)37)25(38)28-12-11-16-13-17(27)7-10-22(16)35-15-29-33-34-35/h2-3,7-10,13-15,20H,4-6,11-12H2,1H3,(H,28,38)(H,30,39)(H,31,36)(H,32,37)/b3-2-/t20-/m1/s1. The van der Waals surface area contributed by atoms with Crippen LogP contribution in [-0.2, 0) is 20.7 Å². The van der Waals surface area contributed by atoms with E-state index in [0.29, 0.717) is 23.6 Å². The highest BCUT2D eigenvalue weighted by molar-refractivity contribution is 6.30. The molecular formula is C26H27ClN8O5. The zero-order chi connectivity index (χ0) is 28.5. The molecule has 0 bridgehead atoms. The lowest BCUT2D eigenvalue weighted by molar-refractivity contribution is -0.123. The zero-order valence-electron chi connectivity index (χ0n) is 21.5. The smallest absolute Gasteiger partial charge is 0.411 e.